The molecule has 0 N–H and O–H groups in total. The third-order valence-electron chi connectivity index (χ3n) is 2.90. The summed E-state index contributed by atoms with van der Waals surface area (Å²) in [5.41, 5.74) is 0.808. The summed E-state index contributed by atoms with van der Waals surface area (Å²) >= 11 is 6.04. The van der Waals surface area contributed by atoms with Crippen molar-refractivity contribution in [3.05, 3.63) is 59.8 Å². The van der Waals surface area contributed by atoms with Gasteiger partial charge in [0, 0.05) is 16.6 Å². The molecule has 2 nitrogen and oxygen atoms in total. The van der Waals surface area contributed by atoms with Gasteiger partial charge in [0.15, 0.2) is 11.0 Å². The molecule has 0 saturated carbocycles. The van der Waals surface area contributed by atoms with E-state index < -0.39 is 11.0 Å². The second-order valence-corrected chi connectivity index (χ2v) is 6.98. The lowest BCUT2D eigenvalue weighted by Crippen LogP contribution is -2.02. The summed E-state index contributed by atoms with van der Waals surface area (Å²) in [6, 6.07) is 14.8. The minimum absolute atomic E-state index is 0.605. The quantitative estimate of drug-likeness (QED) is 0.660. The molecule has 0 aliphatic rings. The van der Waals surface area contributed by atoms with Gasteiger partial charge in [-0.25, -0.2) is 4.21 Å². The molecule has 20 heavy (non-hydrogen) atoms. The monoisotopic (exact) mass is 341 g/mol. The fourth-order valence-corrected chi connectivity index (χ4v) is 4.14. The first-order valence-corrected chi connectivity index (χ1v) is 8.90. The van der Waals surface area contributed by atoms with Crippen molar-refractivity contribution in [3.63, 3.8) is 0 Å². The van der Waals surface area contributed by atoms with Gasteiger partial charge in [0.1, 0.15) is 0 Å². The van der Waals surface area contributed by atoms with Crippen LogP contribution in [0, 0.1) is 0 Å². The van der Waals surface area contributed by atoms with Crippen molar-refractivity contribution < 1.29 is 4.21 Å². The first-order chi connectivity index (χ1) is 9.70. The normalized spacial score (nSPS) is 12.7. The van der Waals surface area contributed by atoms with Crippen LogP contribution in [0.25, 0.3) is 10.9 Å². The second kappa shape index (κ2) is 5.82. The molecular weight excluding hydrogens is 333 g/mol. The molecule has 2 aromatic carbocycles. The summed E-state index contributed by atoms with van der Waals surface area (Å²) in [7, 11) is 5.67. The lowest BCUT2D eigenvalue weighted by molar-refractivity contribution is 0.678. The zero-order valence-electron chi connectivity index (χ0n) is 10.1. The van der Waals surface area contributed by atoms with E-state index in [1.807, 2.05) is 36.4 Å². The molecule has 102 valence electrons. The van der Waals surface area contributed by atoms with Gasteiger partial charge in [-0.1, -0.05) is 35.9 Å². The first kappa shape index (κ1) is 14.0. The summed E-state index contributed by atoms with van der Waals surface area (Å²) in [5, 5.41) is 1.55. The summed E-state index contributed by atoms with van der Waals surface area (Å²) in [6.07, 6.45) is 1.79. The van der Waals surface area contributed by atoms with Crippen molar-refractivity contribution in [1.82, 2.24) is 3.97 Å². The SMILES string of the molecule is O=S(c1ccccc1)n1cc(SCl)c2ccc(Cl)cc21. The third-order valence-corrected chi connectivity index (χ3v) is 5.46. The molecule has 0 bridgehead atoms. The predicted octanol–water partition coefficient (Wildman–Crippen LogP) is 5.11. The van der Waals surface area contributed by atoms with E-state index in [9.17, 15) is 4.21 Å². The Hall–Kier alpha value is -0.940. The molecule has 0 fully saturated rings. The highest BCUT2D eigenvalue weighted by Gasteiger charge is 2.14. The summed E-state index contributed by atoms with van der Waals surface area (Å²) in [4.78, 5) is 1.60. The second-order valence-electron chi connectivity index (χ2n) is 4.12. The molecular formula is C14H9Cl2NOS2. The van der Waals surface area contributed by atoms with Crippen molar-refractivity contribution in [3.8, 4) is 0 Å². The summed E-state index contributed by atoms with van der Waals surface area (Å²) < 4.78 is 14.4. The van der Waals surface area contributed by atoms with Crippen LogP contribution in [0.5, 0.6) is 0 Å². The van der Waals surface area contributed by atoms with E-state index in [0.717, 1.165) is 31.7 Å². The number of fused-ring (bicyclic) bond motifs is 1. The van der Waals surface area contributed by atoms with Gasteiger partial charge < -0.3 is 0 Å². The van der Waals surface area contributed by atoms with Gasteiger partial charge >= 0.3 is 0 Å². The topological polar surface area (TPSA) is 22.0 Å². The van der Waals surface area contributed by atoms with Gasteiger partial charge in [0.25, 0.3) is 0 Å². The van der Waals surface area contributed by atoms with Gasteiger partial charge in [-0.15, -0.1) is 0 Å². The zero-order chi connectivity index (χ0) is 14.1. The molecule has 3 rings (SSSR count). The van der Waals surface area contributed by atoms with E-state index >= 15 is 0 Å². The molecule has 0 aliphatic heterocycles. The molecule has 1 aromatic heterocycles. The minimum atomic E-state index is -1.32. The van der Waals surface area contributed by atoms with Crippen molar-refractivity contribution in [2.24, 2.45) is 0 Å². The van der Waals surface area contributed by atoms with Crippen LogP contribution >= 0.6 is 33.3 Å². The van der Waals surface area contributed by atoms with Gasteiger partial charge in [-0.2, -0.15) is 0 Å². The van der Waals surface area contributed by atoms with Gasteiger partial charge in [0.2, 0.25) is 0 Å². The first-order valence-electron chi connectivity index (χ1n) is 5.77. The van der Waals surface area contributed by atoms with Crippen molar-refractivity contribution in [1.29, 1.82) is 0 Å². The van der Waals surface area contributed by atoms with Crippen molar-refractivity contribution in [2.75, 3.05) is 0 Å². The number of nitrogens with zero attached hydrogens (tertiary/aromatic N) is 1. The lowest BCUT2D eigenvalue weighted by atomic mass is 10.2. The molecule has 6 heteroatoms. The Labute approximate surface area is 132 Å². The molecule has 1 unspecified atom stereocenters. The van der Waals surface area contributed by atoms with E-state index in [4.69, 9.17) is 22.3 Å². The molecule has 0 saturated heterocycles. The van der Waals surface area contributed by atoms with Crippen LogP contribution in [-0.4, -0.2) is 8.18 Å². The van der Waals surface area contributed by atoms with Gasteiger partial charge in [0.05, 0.1) is 15.3 Å². The predicted molar refractivity (Wildman–Crippen MR) is 86.9 cm³/mol. The van der Waals surface area contributed by atoms with Crippen LogP contribution in [0.4, 0.5) is 0 Å². The maximum Gasteiger partial charge on any atom is 0.157 e. The standard InChI is InChI=1S/C14H9Cl2NOS2/c15-10-6-7-12-13(8-10)17(9-14(12)19-16)20(18)11-4-2-1-3-5-11/h1-9H. The Kier molecular flexibility index (Phi) is 4.08. The Morgan fingerprint density at radius 2 is 1.85 bits per heavy atom. The van der Waals surface area contributed by atoms with Gasteiger partial charge in [-0.05, 0) is 45.9 Å². The van der Waals surface area contributed by atoms with E-state index in [-0.39, 0.29) is 0 Å². The maximum absolute atomic E-state index is 12.7. The molecule has 1 atom stereocenters. The Bertz CT molecular complexity index is 786. The molecule has 0 radical (unpaired) electrons. The molecule has 0 amide bonds. The fraction of sp³-hybridized carbons (Fsp3) is 0. The van der Waals surface area contributed by atoms with Crippen LogP contribution in [0.2, 0.25) is 5.02 Å². The lowest BCUT2D eigenvalue weighted by Gasteiger charge is -2.05. The molecule has 1 heterocycles. The van der Waals surface area contributed by atoms with Crippen molar-refractivity contribution in [2.45, 2.75) is 9.79 Å². The number of hydrogen-bond acceptors (Lipinski definition) is 2. The number of rotatable bonds is 3. The fourth-order valence-electron chi connectivity index (χ4n) is 1.99. The summed E-state index contributed by atoms with van der Waals surface area (Å²) in [6.45, 7) is 0. The van der Waals surface area contributed by atoms with E-state index in [1.165, 1.54) is 0 Å². The average molecular weight is 342 g/mol. The Morgan fingerprint density at radius 1 is 1.10 bits per heavy atom. The number of benzene rings is 2. The highest BCUT2D eigenvalue weighted by atomic mass is 35.7. The van der Waals surface area contributed by atoms with Crippen LogP contribution < -0.4 is 0 Å². The van der Waals surface area contributed by atoms with Gasteiger partial charge in [-0.3, -0.25) is 3.97 Å². The molecule has 0 spiro atoms. The average Bonchev–Trinajstić information content (AvgIpc) is 2.85. The van der Waals surface area contributed by atoms with Crippen LogP contribution in [0.3, 0.4) is 0 Å². The van der Waals surface area contributed by atoms with E-state index in [0.29, 0.717) is 5.02 Å². The Balaban J connectivity index is 2.21. The number of halogens is 2. The highest BCUT2D eigenvalue weighted by Crippen LogP contribution is 2.34. The summed E-state index contributed by atoms with van der Waals surface area (Å²) in [5.74, 6) is 0. The highest BCUT2D eigenvalue weighted by molar-refractivity contribution is 8.21. The largest absolute Gasteiger partial charge is 0.261 e. The number of hydrogen-bond donors (Lipinski definition) is 0. The number of aromatic nitrogens is 1. The van der Waals surface area contributed by atoms with Crippen LogP contribution in [-0.2, 0) is 11.0 Å². The smallest absolute Gasteiger partial charge is 0.157 e. The molecule has 3 aromatic rings. The molecule has 0 aliphatic carbocycles. The Morgan fingerprint density at radius 3 is 2.55 bits per heavy atom. The van der Waals surface area contributed by atoms with Crippen molar-refractivity contribution >= 4 is 55.1 Å². The third kappa shape index (κ3) is 2.49. The zero-order valence-corrected chi connectivity index (χ0v) is 13.3. The van der Waals surface area contributed by atoms with Crippen LogP contribution in [0.15, 0.2) is 64.5 Å². The van der Waals surface area contributed by atoms with E-state index in [2.05, 4.69) is 0 Å². The van der Waals surface area contributed by atoms with Crippen LogP contribution in [0.1, 0.15) is 0 Å². The van der Waals surface area contributed by atoms with E-state index in [1.54, 1.807) is 22.3 Å². The maximum atomic E-state index is 12.7. The minimum Gasteiger partial charge on any atom is -0.261 e.